The van der Waals surface area contributed by atoms with E-state index in [0.717, 1.165) is 50.0 Å². The fourth-order valence-corrected chi connectivity index (χ4v) is 8.10. The lowest BCUT2D eigenvalue weighted by molar-refractivity contribution is -0.148. The molecule has 2 atom stereocenters. The second-order valence-corrected chi connectivity index (χ2v) is 17.1. The Kier molecular flexibility index (Phi) is 32.5. The summed E-state index contributed by atoms with van der Waals surface area (Å²) in [5.41, 5.74) is 1.39. The second kappa shape index (κ2) is 34.9. The molecule has 0 fully saturated rings. The molecule has 284 valence electrons. The number of hydrogen-bond donors (Lipinski definition) is 1. The van der Waals surface area contributed by atoms with Crippen molar-refractivity contribution in [2.24, 2.45) is 0 Å². The Hall–Kier alpha value is -1.49. The smallest absolute Gasteiger partial charge is 0.328 e. The number of rotatable bonds is 36. The van der Waals surface area contributed by atoms with E-state index in [9.17, 15) is 9.59 Å². The first-order valence-electron chi connectivity index (χ1n) is 21.2. The summed E-state index contributed by atoms with van der Waals surface area (Å²) in [7, 11) is 0.214. The van der Waals surface area contributed by atoms with Crippen LogP contribution in [0.25, 0.3) is 0 Å². The van der Waals surface area contributed by atoms with Crippen LogP contribution in [0, 0.1) is 0 Å². The van der Waals surface area contributed by atoms with Crippen LogP contribution in [0.1, 0.15) is 199 Å². The highest BCUT2D eigenvalue weighted by Gasteiger charge is 2.25. The van der Waals surface area contributed by atoms with Crippen LogP contribution in [0.5, 0.6) is 0 Å². The number of carbonyl (C=O) groups is 2. The minimum atomic E-state index is -0.518. The van der Waals surface area contributed by atoms with E-state index in [0.29, 0.717) is 19.4 Å². The molecule has 4 nitrogen and oxygen atoms in total. The Balaban J connectivity index is 2.27. The van der Waals surface area contributed by atoms with Gasteiger partial charge in [-0.25, -0.2) is 4.79 Å². The normalized spacial score (nSPS) is 12.6. The van der Waals surface area contributed by atoms with Gasteiger partial charge in [0, 0.05) is 12.8 Å². The van der Waals surface area contributed by atoms with E-state index in [4.69, 9.17) is 4.74 Å². The predicted molar refractivity (Wildman–Crippen MR) is 217 cm³/mol. The van der Waals surface area contributed by atoms with Crippen LogP contribution in [0.4, 0.5) is 0 Å². The maximum Gasteiger partial charge on any atom is 0.328 e. The van der Waals surface area contributed by atoms with Gasteiger partial charge >= 0.3 is 5.97 Å². The first-order chi connectivity index (χ1) is 24.1. The van der Waals surface area contributed by atoms with Gasteiger partial charge in [0.15, 0.2) is 0 Å². The Bertz CT molecular complexity index is 863. The minimum Gasteiger partial charge on any atom is -0.464 e. The third kappa shape index (κ3) is 29.9. The van der Waals surface area contributed by atoms with Gasteiger partial charge in [-0.3, -0.25) is 4.79 Å². The largest absolute Gasteiger partial charge is 0.464 e. The van der Waals surface area contributed by atoms with Crippen molar-refractivity contribution in [3.63, 3.8) is 0 Å². The monoisotopic (exact) mass is 703 g/mol. The van der Waals surface area contributed by atoms with Gasteiger partial charge in [-0.15, -0.1) is 0 Å². The quantitative estimate of drug-likeness (QED) is 0.0430. The van der Waals surface area contributed by atoms with Crippen molar-refractivity contribution in [1.82, 2.24) is 5.32 Å². The summed E-state index contributed by atoms with van der Waals surface area (Å²) in [5.74, 6) is 1.88. The molecule has 0 spiro atoms. The summed E-state index contributed by atoms with van der Waals surface area (Å²) in [6.45, 7) is 5.01. The SMILES string of the molecule is CCCCCCCCCCCCCCCCCC(=O)N[C@H](CC[S+](C)CCCc1ccccc1)C(=O)OCCCCCCCCCCCC. The van der Waals surface area contributed by atoms with Crippen LogP contribution in [-0.4, -0.2) is 42.3 Å². The van der Waals surface area contributed by atoms with Crippen molar-refractivity contribution in [2.45, 2.75) is 206 Å². The third-order valence-corrected chi connectivity index (χ3v) is 11.8. The molecular weight excluding hydrogens is 623 g/mol. The Morgan fingerprint density at radius 2 is 1.04 bits per heavy atom. The number of ether oxygens (including phenoxy) is 1. The van der Waals surface area contributed by atoms with E-state index in [2.05, 4.69) is 55.8 Å². The van der Waals surface area contributed by atoms with Gasteiger partial charge in [0.25, 0.3) is 0 Å². The maximum atomic E-state index is 13.1. The number of unbranched alkanes of at least 4 members (excludes halogenated alkanes) is 23. The number of benzene rings is 1. The van der Waals surface area contributed by atoms with Gasteiger partial charge in [0.05, 0.1) is 12.9 Å². The van der Waals surface area contributed by atoms with Crippen LogP contribution < -0.4 is 5.32 Å². The topological polar surface area (TPSA) is 55.4 Å². The second-order valence-electron chi connectivity index (χ2n) is 14.7. The summed E-state index contributed by atoms with van der Waals surface area (Å²) in [4.78, 5) is 26.0. The van der Waals surface area contributed by atoms with E-state index in [-0.39, 0.29) is 22.8 Å². The van der Waals surface area contributed by atoms with E-state index in [1.807, 2.05) is 0 Å². The molecule has 0 saturated carbocycles. The Morgan fingerprint density at radius 3 is 1.53 bits per heavy atom. The van der Waals surface area contributed by atoms with E-state index in [1.54, 1.807) is 0 Å². The zero-order valence-corrected chi connectivity index (χ0v) is 33.5. The van der Waals surface area contributed by atoms with Gasteiger partial charge in [-0.05, 0) is 42.1 Å². The van der Waals surface area contributed by atoms with Crippen LogP contribution in [0.3, 0.4) is 0 Å². The average molecular weight is 703 g/mol. The van der Waals surface area contributed by atoms with Gasteiger partial charge in [0.2, 0.25) is 5.91 Å². The van der Waals surface area contributed by atoms with E-state index >= 15 is 0 Å². The number of nitrogens with one attached hydrogen (secondary N) is 1. The van der Waals surface area contributed by atoms with Crippen molar-refractivity contribution >= 4 is 22.8 Å². The zero-order chi connectivity index (χ0) is 35.5. The number of aryl methyl sites for hydroxylation is 1. The highest BCUT2D eigenvalue weighted by Crippen LogP contribution is 2.15. The van der Waals surface area contributed by atoms with E-state index < -0.39 is 6.04 Å². The molecule has 1 N–H and O–H groups in total. The molecule has 0 heterocycles. The molecule has 1 amide bonds. The number of carbonyl (C=O) groups excluding carboxylic acids is 2. The van der Waals surface area contributed by atoms with Crippen LogP contribution in [-0.2, 0) is 31.6 Å². The minimum absolute atomic E-state index is 0.00986. The molecule has 1 aromatic rings. The van der Waals surface area contributed by atoms with Crippen molar-refractivity contribution in [2.75, 3.05) is 24.4 Å². The standard InChI is InChI=1S/C44H79NO3S/c1-4-6-8-10-12-14-16-17-18-19-20-21-23-25-30-36-43(46)45-42(37-40-49(3)39-32-35-41-33-28-27-29-34-41)44(47)48-38-31-26-24-22-15-13-11-9-7-5-2/h27-29,33-34,42H,4-26,30-32,35-40H2,1-3H3/p+1/t42-,49?/m1/s1. The maximum absolute atomic E-state index is 13.1. The van der Waals surface area contributed by atoms with Gasteiger partial charge in [0.1, 0.15) is 17.5 Å². The number of amides is 1. The van der Waals surface area contributed by atoms with Crippen molar-refractivity contribution in [3.05, 3.63) is 35.9 Å². The molecule has 0 radical (unpaired) electrons. The van der Waals surface area contributed by atoms with Gasteiger partial charge in [-0.2, -0.15) is 0 Å². The average Bonchev–Trinajstić information content (AvgIpc) is 3.11. The molecule has 0 aliphatic carbocycles. The highest BCUT2D eigenvalue weighted by atomic mass is 32.2. The number of hydrogen-bond acceptors (Lipinski definition) is 3. The molecule has 49 heavy (non-hydrogen) atoms. The van der Waals surface area contributed by atoms with Crippen LogP contribution in [0.2, 0.25) is 0 Å². The third-order valence-electron chi connectivity index (χ3n) is 9.93. The zero-order valence-electron chi connectivity index (χ0n) is 32.7. The highest BCUT2D eigenvalue weighted by molar-refractivity contribution is 7.96. The predicted octanol–water partition coefficient (Wildman–Crippen LogP) is 12.5. The molecule has 0 saturated heterocycles. The molecule has 0 bridgehead atoms. The molecule has 5 heteroatoms. The Labute approximate surface area is 307 Å². The first-order valence-corrected chi connectivity index (χ1v) is 23.1. The fourth-order valence-electron chi connectivity index (χ4n) is 6.62. The molecule has 1 unspecified atom stereocenters. The molecule has 0 aliphatic heterocycles. The van der Waals surface area contributed by atoms with Crippen molar-refractivity contribution in [1.29, 1.82) is 0 Å². The number of esters is 1. The lowest BCUT2D eigenvalue weighted by atomic mass is 10.0. The molecule has 0 aliphatic rings. The van der Waals surface area contributed by atoms with E-state index in [1.165, 1.54) is 140 Å². The fraction of sp³-hybridized carbons (Fsp3) is 0.818. The van der Waals surface area contributed by atoms with Crippen LogP contribution >= 0.6 is 0 Å². The van der Waals surface area contributed by atoms with Gasteiger partial charge < -0.3 is 10.1 Å². The lowest BCUT2D eigenvalue weighted by Gasteiger charge is -2.17. The van der Waals surface area contributed by atoms with Crippen LogP contribution in [0.15, 0.2) is 30.3 Å². The summed E-state index contributed by atoms with van der Waals surface area (Å²) >= 11 is 0. The van der Waals surface area contributed by atoms with Gasteiger partial charge in [-0.1, -0.05) is 192 Å². The summed E-state index contributed by atoms with van der Waals surface area (Å²) in [5, 5.41) is 3.08. The molecule has 1 aromatic carbocycles. The van der Waals surface area contributed by atoms with Crippen molar-refractivity contribution in [3.8, 4) is 0 Å². The molecular formula is C44H80NO3S+. The lowest BCUT2D eigenvalue weighted by Crippen LogP contribution is -2.43. The molecule has 0 aromatic heterocycles. The summed E-state index contributed by atoms with van der Waals surface area (Å²) < 4.78 is 5.73. The Morgan fingerprint density at radius 1 is 0.592 bits per heavy atom. The summed E-state index contributed by atoms with van der Waals surface area (Å²) in [6.07, 6.45) is 38.1. The summed E-state index contributed by atoms with van der Waals surface area (Å²) in [6, 6.07) is 10.2. The van der Waals surface area contributed by atoms with Crippen molar-refractivity contribution < 1.29 is 14.3 Å². The molecule has 1 rings (SSSR count). The first kappa shape index (κ1) is 45.5.